The summed E-state index contributed by atoms with van der Waals surface area (Å²) >= 11 is 0. The van der Waals surface area contributed by atoms with Gasteiger partial charge in [0.2, 0.25) is 0 Å². The fourth-order valence-corrected chi connectivity index (χ4v) is 1.89. The van der Waals surface area contributed by atoms with Crippen molar-refractivity contribution in [3.8, 4) is 0 Å². The lowest BCUT2D eigenvalue weighted by molar-refractivity contribution is -0.152. The first-order valence-corrected chi connectivity index (χ1v) is 5.81. The summed E-state index contributed by atoms with van der Waals surface area (Å²) in [4.78, 5) is 11.7. The second-order valence-electron chi connectivity index (χ2n) is 4.20. The van der Waals surface area contributed by atoms with E-state index in [1.54, 1.807) is 0 Å². The van der Waals surface area contributed by atoms with Crippen molar-refractivity contribution in [3.05, 3.63) is 35.9 Å². The molecule has 2 atom stereocenters. The zero-order valence-corrected chi connectivity index (χ0v) is 9.58. The molecule has 0 spiro atoms. The first-order valence-electron chi connectivity index (χ1n) is 5.81. The molecule has 4 nitrogen and oxygen atoms in total. The molecule has 1 heterocycles. The third-order valence-corrected chi connectivity index (χ3v) is 2.87. The molecule has 91 valence electrons. The number of hydrogen-bond acceptors (Lipinski definition) is 3. The molecule has 1 saturated heterocycles. The summed E-state index contributed by atoms with van der Waals surface area (Å²) in [5.41, 5.74) is 0.974. The van der Waals surface area contributed by atoms with Crippen LogP contribution in [-0.2, 0) is 16.1 Å². The fraction of sp³-hybridized carbons (Fsp3) is 0.462. The molecule has 17 heavy (non-hydrogen) atoms. The Bertz CT molecular complexity index is 366. The molecule has 0 aromatic heterocycles. The molecular weight excluding hydrogens is 218 g/mol. The lowest BCUT2D eigenvalue weighted by atomic mass is 9.97. The first kappa shape index (κ1) is 12.1. The average molecular weight is 234 g/mol. The predicted molar refractivity (Wildman–Crippen MR) is 62.0 cm³/mol. The largest absolute Gasteiger partial charge is 0.461 e. The topological polar surface area (TPSA) is 60.6 Å². The maximum atomic E-state index is 11.7. The molecule has 1 aliphatic rings. The van der Waals surface area contributed by atoms with Gasteiger partial charge in [0.15, 0.2) is 0 Å². The van der Waals surface area contributed by atoms with E-state index >= 15 is 0 Å². The second-order valence-corrected chi connectivity index (χ2v) is 4.20. The van der Waals surface area contributed by atoms with Gasteiger partial charge in [0.25, 0.3) is 0 Å². The number of benzene rings is 1. The van der Waals surface area contributed by atoms with E-state index in [0.29, 0.717) is 26.0 Å². The van der Waals surface area contributed by atoms with E-state index in [-0.39, 0.29) is 11.9 Å². The molecule has 1 N–H and O–H groups in total. The Labute approximate surface area is 101 Å². The summed E-state index contributed by atoms with van der Waals surface area (Å²) in [5, 5.41) is 13.3. The third-order valence-electron chi connectivity index (χ3n) is 2.87. The summed E-state index contributed by atoms with van der Waals surface area (Å²) in [5.74, 6) is -0.450. The van der Waals surface area contributed by atoms with Crippen LogP contribution in [0.25, 0.3) is 0 Å². The average Bonchev–Trinajstić information content (AvgIpc) is 2.37. The fourth-order valence-electron chi connectivity index (χ4n) is 1.89. The van der Waals surface area contributed by atoms with Crippen LogP contribution in [0.1, 0.15) is 18.4 Å². The van der Waals surface area contributed by atoms with E-state index < -0.39 is 6.23 Å². The van der Waals surface area contributed by atoms with Gasteiger partial charge in [-0.15, -0.1) is 0 Å². The first-order chi connectivity index (χ1) is 8.25. The summed E-state index contributed by atoms with van der Waals surface area (Å²) in [6, 6.07) is 9.57. The Morgan fingerprint density at radius 1 is 1.41 bits per heavy atom. The molecule has 4 heteroatoms. The monoisotopic (exact) mass is 234 g/mol. The van der Waals surface area contributed by atoms with E-state index in [4.69, 9.17) is 4.74 Å². The predicted octanol–water partition coefficient (Wildman–Crippen LogP) is 1.06. The molecule has 1 radical (unpaired) electrons. The minimum absolute atomic E-state index is 0.216. The summed E-state index contributed by atoms with van der Waals surface area (Å²) in [7, 11) is 0. The standard InChI is InChI=1S/C13H16NO3/c15-12-8-11(6-7-14-12)13(16)17-9-10-4-2-1-3-5-10/h1-5,11-12,15H,6-9H2. The maximum absolute atomic E-state index is 11.7. The van der Waals surface area contributed by atoms with E-state index in [1.807, 2.05) is 30.3 Å². The summed E-state index contributed by atoms with van der Waals surface area (Å²) < 4.78 is 5.22. The van der Waals surface area contributed by atoms with Gasteiger partial charge in [0.1, 0.15) is 12.8 Å². The van der Waals surface area contributed by atoms with Gasteiger partial charge in [-0.25, -0.2) is 5.32 Å². The molecular formula is C13H16NO3. The number of carbonyl (C=O) groups is 1. The van der Waals surface area contributed by atoms with Crippen LogP contribution in [0.4, 0.5) is 0 Å². The van der Waals surface area contributed by atoms with Crippen LogP contribution in [-0.4, -0.2) is 23.8 Å². The highest BCUT2D eigenvalue weighted by molar-refractivity contribution is 5.72. The highest BCUT2D eigenvalue weighted by atomic mass is 16.5. The minimum atomic E-state index is -0.710. The quantitative estimate of drug-likeness (QED) is 0.795. The number of nitrogens with zero attached hydrogens (tertiary/aromatic N) is 1. The van der Waals surface area contributed by atoms with Gasteiger partial charge in [0.05, 0.1) is 5.92 Å². The highest BCUT2D eigenvalue weighted by Crippen LogP contribution is 2.18. The van der Waals surface area contributed by atoms with Crippen molar-refractivity contribution in [2.75, 3.05) is 6.54 Å². The van der Waals surface area contributed by atoms with E-state index in [9.17, 15) is 9.90 Å². The Hall–Kier alpha value is -1.39. The smallest absolute Gasteiger partial charge is 0.309 e. The zero-order valence-electron chi connectivity index (χ0n) is 9.58. The van der Waals surface area contributed by atoms with Crippen molar-refractivity contribution >= 4 is 5.97 Å². The van der Waals surface area contributed by atoms with Crippen LogP contribution in [0.2, 0.25) is 0 Å². The van der Waals surface area contributed by atoms with Crippen LogP contribution in [0.3, 0.4) is 0 Å². The van der Waals surface area contributed by atoms with Crippen molar-refractivity contribution in [3.63, 3.8) is 0 Å². The molecule has 0 saturated carbocycles. The molecule has 1 fully saturated rings. The molecule has 2 unspecified atom stereocenters. The molecule has 0 aliphatic carbocycles. The number of esters is 1. The number of piperidine rings is 1. The van der Waals surface area contributed by atoms with Crippen molar-refractivity contribution < 1.29 is 14.6 Å². The summed E-state index contributed by atoms with van der Waals surface area (Å²) in [6.07, 6.45) is 0.344. The van der Waals surface area contributed by atoms with Crippen LogP contribution in [0, 0.1) is 5.92 Å². The van der Waals surface area contributed by atoms with E-state index in [2.05, 4.69) is 5.32 Å². The van der Waals surface area contributed by atoms with Gasteiger partial charge in [-0.3, -0.25) is 4.79 Å². The highest BCUT2D eigenvalue weighted by Gasteiger charge is 2.27. The Morgan fingerprint density at radius 2 is 2.18 bits per heavy atom. The van der Waals surface area contributed by atoms with Crippen LogP contribution >= 0.6 is 0 Å². The lowest BCUT2D eigenvalue weighted by Gasteiger charge is -2.24. The van der Waals surface area contributed by atoms with E-state index in [1.165, 1.54) is 0 Å². The van der Waals surface area contributed by atoms with Crippen LogP contribution < -0.4 is 5.32 Å². The number of ether oxygens (including phenoxy) is 1. The molecule has 1 aromatic carbocycles. The van der Waals surface area contributed by atoms with Gasteiger partial charge >= 0.3 is 5.97 Å². The minimum Gasteiger partial charge on any atom is -0.461 e. The van der Waals surface area contributed by atoms with E-state index in [0.717, 1.165) is 5.56 Å². The Morgan fingerprint density at radius 3 is 2.88 bits per heavy atom. The number of aliphatic hydroxyl groups excluding tert-OH is 1. The molecule has 1 aromatic rings. The van der Waals surface area contributed by atoms with Crippen LogP contribution in [0.5, 0.6) is 0 Å². The van der Waals surface area contributed by atoms with Crippen LogP contribution in [0.15, 0.2) is 30.3 Å². The summed E-state index contributed by atoms with van der Waals surface area (Å²) in [6.45, 7) is 0.829. The van der Waals surface area contributed by atoms with Crippen molar-refractivity contribution in [1.82, 2.24) is 5.32 Å². The van der Waals surface area contributed by atoms with Gasteiger partial charge < -0.3 is 9.84 Å². The zero-order chi connectivity index (χ0) is 12.1. The molecule has 0 bridgehead atoms. The van der Waals surface area contributed by atoms with Gasteiger partial charge in [-0.05, 0) is 12.0 Å². The Balaban J connectivity index is 1.81. The lowest BCUT2D eigenvalue weighted by Crippen LogP contribution is -2.36. The number of hydrogen-bond donors (Lipinski definition) is 1. The molecule has 0 amide bonds. The number of rotatable bonds is 3. The van der Waals surface area contributed by atoms with Crippen molar-refractivity contribution in [2.24, 2.45) is 5.92 Å². The molecule has 2 rings (SSSR count). The third kappa shape index (κ3) is 3.54. The van der Waals surface area contributed by atoms with Gasteiger partial charge in [0, 0.05) is 13.0 Å². The van der Waals surface area contributed by atoms with Gasteiger partial charge in [-0.1, -0.05) is 30.3 Å². The van der Waals surface area contributed by atoms with Gasteiger partial charge in [-0.2, -0.15) is 0 Å². The van der Waals surface area contributed by atoms with Crippen molar-refractivity contribution in [1.29, 1.82) is 0 Å². The maximum Gasteiger partial charge on any atom is 0.309 e. The second kappa shape index (κ2) is 5.80. The normalized spacial score (nSPS) is 24.3. The SMILES string of the molecule is O=C(OCc1ccccc1)C1CC[N]C(O)C1. The molecule has 1 aliphatic heterocycles. The Kier molecular flexibility index (Phi) is 4.12. The van der Waals surface area contributed by atoms with Crippen molar-refractivity contribution in [2.45, 2.75) is 25.7 Å². The number of aliphatic hydroxyl groups is 1. The number of carbonyl (C=O) groups excluding carboxylic acids is 1.